The second-order valence-corrected chi connectivity index (χ2v) is 4.86. The van der Waals surface area contributed by atoms with Gasteiger partial charge >= 0.3 is 0 Å². The second-order valence-electron chi connectivity index (χ2n) is 4.86. The van der Waals surface area contributed by atoms with Crippen molar-refractivity contribution in [1.82, 2.24) is 5.32 Å². The zero-order valence-corrected chi connectivity index (χ0v) is 9.78. The molecule has 16 heavy (non-hydrogen) atoms. The molecule has 1 aliphatic rings. The van der Waals surface area contributed by atoms with Crippen LogP contribution in [0.25, 0.3) is 0 Å². The van der Waals surface area contributed by atoms with Gasteiger partial charge in [0, 0.05) is 24.5 Å². The fraction of sp³-hybridized carbons (Fsp3) is 0.538. The van der Waals surface area contributed by atoms with E-state index >= 15 is 0 Å². The van der Waals surface area contributed by atoms with Crippen molar-refractivity contribution in [2.24, 2.45) is 11.1 Å². The first-order valence-electron chi connectivity index (χ1n) is 5.79. The summed E-state index contributed by atoms with van der Waals surface area (Å²) in [4.78, 5) is 0. The molecule has 0 bridgehead atoms. The molecular formula is C13H20N2O. The lowest BCUT2D eigenvalue weighted by molar-refractivity contribution is 0.158. The van der Waals surface area contributed by atoms with Crippen LogP contribution in [0.4, 0.5) is 0 Å². The number of benzene rings is 1. The molecule has 1 aliphatic heterocycles. The number of ether oxygens (including phenoxy) is 1. The molecule has 0 spiro atoms. The molecule has 3 N–H and O–H groups in total. The minimum atomic E-state index is 0.0782. The maximum atomic E-state index is 6.03. The Morgan fingerprint density at radius 1 is 1.44 bits per heavy atom. The molecule has 2 rings (SSSR count). The van der Waals surface area contributed by atoms with E-state index in [9.17, 15) is 0 Å². The Kier molecular flexibility index (Phi) is 3.59. The highest BCUT2D eigenvalue weighted by Crippen LogP contribution is 2.25. The second kappa shape index (κ2) is 4.95. The van der Waals surface area contributed by atoms with Gasteiger partial charge in [-0.3, -0.25) is 0 Å². The number of nitrogens with two attached hydrogens (primary N) is 1. The van der Waals surface area contributed by atoms with E-state index in [1.165, 1.54) is 5.56 Å². The maximum Gasteiger partial charge on any atom is 0.0624 e. The van der Waals surface area contributed by atoms with Crippen molar-refractivity contribution < 1.29 is 4.74 Å². The Labute approximate surface area is 97.0 Å². The molecule has 1 heterocycles. The highest BCUT2D eigenvalue weighted by atomic mass is 16.5. The van der Waals surface area contributed by atoms with Crippen LogP contribution in [0.3, 0.4) is 0 Å². The minimum absolute atomic E-state index is 0.0782. The first kappa shape index (κ1) is 11.6. The lowest BCUT2D eigenvalue weighted by Crippen LogP contribution is -2.45. The standard InChI is InChI=1S/C13H20N2O/c1-13(10-16-8-12(13)14)9-15-7-11-5-3-2-4-6-11/h2-6,12,15H,7-10,14H2,1H3. The van der Waals surface area contributed by atoms with Crippen molar-refractivity contribution in [2.45, 2.75) is 19.5 Å². The largest absolute Gasteiger partial charge is 0.379 e. The Morgan fingerprint density at radius 3 is 2.81 bits per heavy atom. The molecule has 1 fully saturated rings. The fourth-order valence-electron chi connectivity index (χ4n) is 2.00. The van der Waals surface area contributed by atoms with Gasteiger partial charge < -0.3 is 15.8 Å². The van der Waals surface area contributed by atoms with Gasteiger partial charge in [0.15, 0.2) is 0 Å². The molecule has 0 aromatic heterocycles. The molecule has 2 unspecified atom stereocenters. The summed E-state index contributed by atoms with van der Waals surface area (Å²) in [6.45, 7) is 5.42. The molecule has 3 nitrogen and oxygen atoms in total. The smallest absolute Gasteiger partial charge is 0.0624 e. The normalized spacial score (nSPS) is 29.5. The molecule has 1 aromatic carbocycles. The van der Waals surface area contributed by atoms with E-state index in [1.807, 2.05) is 6.07 Å². The molecule has 3 heteroatoms. The first-order valence-corrected chi connectivity index (χ1v) is 5.79. The molecular weight excluding hydrogens is 200 g/mol. The van der Waals surface area contributed by atoms with Gasteiger partial charge in [-0.1, -0.05) is 37.3 Å². The Balaban J connectivity index is 1.80. The van der Waals surface area contributed by atoms with E-state index < -0.39 is 0 Å². The SMILES string of the molecule is CC1(CNCc2ccccc2)COCC1N. The van der Waals surface area contributed by atoms with Crippen molar-refractivity contribution in [3.05, 3.63) is 35.9 Å². The average molecular weight is 220 g/mol. The van der Waals surface area contributed by atoms with Crippen LogP contribution in [0.5, 0.6) is 0 Å². The van der Waals surface area contributed by atoms with Gasteiger partial charge in [-0.05, 0) is 5.56 Å². The summed E-state index contributed by atoms with van der Waals surface area (Å²) in [6, 6.07) is 10.6. The monoisotopic (exact) mass is 220 g/mol. The van der Waals surface area contributed by atoms with Crippen molar-refractivity contribution in [3.8, 4) is 0 Å². The molecule has 0 radical (unpaired) electrons. The first-order chi connectivity index (χ1) is 7.71. The molecule has 0 amide bonds. The van der Waals surface area contributed by atoms with Crippen LogP contribution in [0.2, 0.25) is 0 Å². The zero-order valence-electron chi connectivity index (χ0n) is 9.78. The van der Waals surface area contributed by atoms with E-state index in [2.05, 4.69) is 36.5 Å². The van der Waals surface area contributed by atoms with Crippen LogP contribution in [0.1, 0.15) is 12.5 Å². The molecule has 1 aromatic rings. The van der Waals surface area contributed by atoms with Crippen molar-refractivity contribution >= 4 is 0 Å². The fourth-order valence-corrected chi connectivity index (χ4v) is 2.00. The summed E-state index contributed by atoms with van der Waals surface area (Å²) in [6.07, 6.45) is 0. The van der Waals surface area contributed by atoms with Gasteiger partial charge in [-0.15, -0.1) is 0 Å². The van der Waals surface area contributed by atoms with Crippen LogP contribution in [0, 0.1) is 5.41 Å². The van der Waals surface area contributed by atoms with Gasteiger partial charge in [-0.2, -0.15) is 0 Å². The van der Waals surface area contributed by atoms with E-state index in [1.54, 1.807) is 0 Å². The van der Waals surface area contributed by atoms with Crippen LogP contribution in [0.15, 0.2) is 30.3 Å². The number of hydrogen-bond donors (Lipinski definition) is 2. The summed E-state index contributed by atoms with van der Waals surface area (Å²) < 4.78 is 5.41. The minimum Gasteiger partial charge on any atom is -0.379 e. The van der Waals surface area contributed by atoms with E-state index in [4.69, 9.17) is 10.5 Å². The van der Waals surface area contributed by atoms with Crippen LogP contribution in [-0.2, 0) is 11.3 Å². The van der Waals surface area contributed by atoms with E-state index in [-0.39, 0.29) is 11.5 Å². The Hall–Kier alpha value is -0.900. The summed E-state index contributed by atoms with van der Waals surface area (Å²) in [5.41, 5.74) is 7.41. The van der Waals surface area contributed by atoms with Gasteiger partial charge in [0.05, 0.1) is 13.2 Å². The number of hydrogen-bond acceptors (Lipinski definition) is 3. The van der Waals surface area contributed by atoms with Gasteiger partial charge in [-0.25, -0.2) is 0 Å². The summed E-state index contributed by atoms with van der Waals surface area (Å²) >= 11 is 0. The van der Waals surface area contributed by atoms with Crippen molar-refractivity contribution in [3.63, 3.8) is 0 Å². The third-order valence-corrected chi connectivity index (χ3v) is 3.33. The molecule has 2 atom stereocenters. The Morgan fingerprint density at radius 2 is 2.19 bits per heavy atom. The van der Waals surface area contributed by atoms with Crippen LogP contribution >= 0.6 is 0 Å². The predicted molar refractivity (Wildman–Crippen MR) is 65.1 cm³/mol. The topological polar surface area (TPSA) is 47.3 Å². The quantitative estimate of drug-likeness (QED) is 0.800. The molecule has 88 valence electrons. The van der Waals surface area contributed by atoms with E-state index in [0.29, 0.717) is 6.61 Å². The van der Waals surface area contributed by atoms with Crippen LogP contribution < -0.4 is 11.1 Å². The van der Waals surface area contributed by atoms with Gasteiger partial charge in [0.25, 0.3) is 0 Å². The van der Waals surface area contributed by atoms with Gasteiger partial charge in [0.2, 0.25) is 0 Å². The van der Waals surface area contributed by atoms with Crippen LogP contribution in [-0.4, -0.2) is 25.8 Å². The lowest BCUT2D eigenvalue weighted by Gasteiger charge is -2.27. The molecule has 1 saturated heterocycles. The predicted octanol–water partition coefficient (Wildman–Crippen LogP) is 1.14. The number of rotatable bonds is 4. The lowest BCUT2D eigenvalue weighted by atomic mass is 9.86. The van der Waals surface area contributed by atoms with E-state index in [0.717, 1.165) is 19.7 Å². The summed E-state index contributed by atoms with van der Waals surface area (Å²) in [5, 5.41) is 3.45. The number of nitrogens with one attached hydrogen (secondary N) is 1. The highest BCUT2D eigenvalue weighted by molar-refractivity contribution is 5.14. The summed E-state index contributed by atoms with van der Waals surface area (Å²) in [5.74, 6) is 0. The van der Waals surface area contributed by atoms with Crippen molar-refractivity contribution in [1.29, 1.82) is 0 Å². The summed E-state index contributed by atoms with van der Waals surface area (Å²) in [7, 11) is 0. The highest BCUT2D eigenvalue weighted by Gasteiger charge is 2.36. The average Bonchev–Trinajstić information content (AvgIpc) is 2.61. The zero-order chi connectivity index (χ0) is 11.4. The maximum absolute atomic E-state index is 6.03. The van der Waals surface area contributed by atoms with Crippen molar-refractivity contribution in [2.75, 3.05) is 19.8 Å². The third kappa shape index (κ3) is 2.61. The molecule has 0 aliphatic carbocycles. The third-order valence-electron chi connectivity index (χ3n) is 3.33. The molecule has 0 saturated carbocycles. The Bertz CT molecular complexity index is 328. The van der Waals surface area contributed by atoms with Gasteiger partial charge in [0.1, 0.15) is 0 Å².